The van der Waals surface area contributed by atoms with Gasteiger partial charge in [-0.3, -0.25) is 62.1 Å². The number of guanidine groups is 3. The van der Waals surface area contributed by atoms with Gasteiger partial charge in [-0.05, 0) is 252 Å². The van der Waals surface area contributed by atoms with Crippen molar-refractivity contribution in [2.24, 2.45) is 59.8 Å². The number of ketones is 10. The topological polar surface area (TPSA) is 553 Å². The van der Waals surface area contributed by atoms with Crippen molar-refractivity contribution in [3.8, 4) is 0 Å². The van der Waals surface area contributed by atoms with Gasteiger partial charge in [-0.25, -0.2) is 9.79 Å². The van der Waals surface area contributed by atoms with E-state index in [1.165, 1.54) is 6.42 Å². The van der Waals surface area contributed by atoms with Crippen LogP contribution in [-0.4, -0.2) is 268 Å². The van der Waals surface area contributed by atoms with Crippen LogP contribution in [-0.2, 0) is 66.8 Å². The van der Waals surface area contributed by atoms with Gasteiger partial charge in [0.1, 0.15) is 52.0 Å². The second-order valence-electron chi connectivity index (χ2n) is 31.8. The van der Waals surface area contributed by atoms with Crippen molar-refractivity contribution < 1.29 is 56.9 Å². The third kappa shape index (κ3) is 71.7. The Balaban J connectivity index is -0.000000447. The van der Waals surface area contributed by atoms with Gasteiger partial charge in [0, 0.05) is 80.1 Å². The molecule has 0 bridgehead atoms. The number of nitrogens with zero attached hydrogens (tertiary/aromatic N) is 5. The number of nitrogens with one attached hydrogen (secondary N) is 13. The van der Waals surface area contributed by atoms with Crippen LogP contribution < -0.4 is 97.8 Å². The maximum atomic E-state index is 12.3. The highest BCUT2D eigenvalue weighted by Gasteiger charge is 2.37. The van der Waals surface area contributed by atoms with Crippen molar-refractivity contribution in [2.45, 2.75) is 272 Å². The Kier molecular flexibility index (Phi) is 78.4. The van der Waals surface area contributed by atoms with E-state index < -0.39 is 16.8 Å². The molecular weight excluding hydrogens is 1650 g/mol. The number of primary amides is 1. The summed E-state index contributed by atoms with van der Waals surface area (Å²) in [5, 5.41) is 46.3. The van der Waals surface area contributed by atoms with E-state index in [1.807, 2.05) is 114 Å². The van der Waals surface area contributed by atoms with Gasteiger partial charge in [0.25, 0.3) is 0 Å². The number of amides is 2. The number of rotatable bonds is 53. The first kappa shape index (κ1) is 127. The molecular formula is C92H169N23O12S. The van der Waals surface area contributed by atoms with Gasteiger partial charge >= 0.3 is 6.03 Å². The second kappa shape index (κ2) is 78.8. The van der Waals surface area contributed by atoms with E-state index in [-0.39, 0.29) is 130 Å². The average Bonchev–Trinajstić information content (AvgIpc) is 1.64. The Morgan fingerprint density at radius 1 is 0.406 bits per heavy atom. The standard InChI is InChI=1S/C18H19NO2.C12H18N4O.C11H24N2O.C10H22N4O.C10H21NO.C9H20N4O.C8H17N3O2.C7H13N3O.C7H15NO2S/c1-13(20)17(19-2)12-14-8-10-16(11-9-14)18(21)15-6-4-3-5-7-15;1-8(17)11(15-2)7-9-3-5-10(6-4-9)16-12(13)14;1-9(2)13-8-6-5-7-11(12-4)10(3)14;1-8(15)9(11-2)6-5-7-14-10(12-3)13-4;1-8(2)6-5-7-10(11-4)9(3)12;1-7(14)8(12-2)5-3-4-6-13-9(10)11;1-6(12)7(10-2)4-3-5-11-8(9)13;1-5(11)6(8-3)4-7(2)9-10-7;1-6(9)7(8-2)4-5-11(3)10/h3-11,17,19H,12H2,1-2H3;3-6,11,15H,7H2,1-2H3,(H4,13,14,16);9,11-13H,5-8H2,1-4H3;9,11H,5-7H2,1-4H3,(H2,12,13,14);8,10-11H,5-7H2,1-4H3;8,12H,3-6H2,1-2H3,(H4,10,11,13);7,10H,3-5H2,1-2H3,(H3,9,11,13);6,8H,4H2,1-3H3;7-8H,4-5H2,1-3H3/t17-;2*11-;9-;10-;8-;7-;6-;7-,11?/m000000000/s1. The van der Waals surface area contributed by atoms with Crippen LogP contribution in [0.15, 0.2) is 104 Å². The molecule has 1 heterocycles. The van der Waals surface area contributed by atoms with Crippen molar-refractivity contribution in [2.75, 3.05) is 116 Å². The number of Topliss-reactive ketones (excluding diaryl/α,β-unsaturated/α-hetero) is 9. The second-order valence-corrected chi connectivity index (χ2v) is 33.4. The van der Waals surface area contributed by atoms with Gasteiger partial charge in [0.15, 0.2) is 29.3 Å². The smallest absolute Gasteiger partial charge is 0.312 e. The zero-order valence-electron chi connectivity index (χ0n) is 82.3. The van der Waals surface area contributed by atoms with Gasteiger partial charge in [-0.2, -0.15) is 10.2 Å². The fraction of sp³-hybridized carbons (Fsp3) is 0.652. The Morgan fingerprint density at radius 2 is 0.758 bits per heavy atom. The Hall–Kier alpha value is -9.21. The molecule has 3 aromatic carbocycles. The average molecular weight is 1820 g/mol. The molecule has 730 valence electrons. The minimum absolute atomic E-state index is 0.0129. The summed E-state index contributed by atoms with van der Waals surface area (Å²) >= 11 is 0. The molecule has 0 aliphatic carbocycles. The number of benzene rings is 3. The molecule has 0 spiro atoms. The third-order valence-electron chi connectivity index (χ3n) is 19.9. The molecule has 36 heteroatoms. The van der Waals surface area contributed by atoms with Gasteiger partial charge < -0.3 is 97.8 Å². The first-order chi connectivity index (χ1) is 60.2. The molecule has 23 N–H and O–H groups in total. The van der Waals surface area contributed by atoms with Crippen LogP contribution in [0.25, 0.3) is 0 Å². The number of likely N-dealkylation sites (N-methyl/N-ethyl adjacent to an activating group) is 9. The van der Waals surface area contributed by atoms with Crippen molar-refractivity contribution in [1.82, 2.24) is 69.1 Å². The van der Waals surface area contributed by atoms with E-state index in [4.69, 9.17) is 28.7 Å². The maximum Gasteiger partial charge on any atom is 0.312 e. The molecule has 4 rings (SSSR count). The lowest BCUT2D eigenvalue weighted by atomic mass is 9.99. The first-order valence-corrected chi connectivity index (χ1v) is 45.9. The summed E-state index contributed by atoms with van der Waals surface area (Å²) in [5.41, 5.74) is 29.6. The Bertz CT molecular complexity index is 3710. The third-order valence-corrected chi connectivity index (χ3v) is 20.7. The van der Waals surface area contributed by atoms with E-state index in [1.54, 1.807) is 118 Å². The number of unbranched alkanes of at least 4 members (excludes halogenated alkanes) is 2. The lowest BCUT2D eigenvalue weighted by Crippen LogP contribution is -2.37. The summed E-state index contributed by atoms with van der Waals surface area (Å²) in [6.45, 7) is 28.0. The largest absolute Gasteiger partial charge is 0.370 e. The fourth-order valence-electron chi connectivity index (χ4n) is 11.9. The monoisotopic (exact) mass is 1820 g/mol. The molecule has 3 aromatic rings. The minimum atomic E-state index is -0.797. The number of urea groups is 1. The lowest BCUT2D eigenvalue weighted by molar-refractivity contribution is -0.119. The minimum Gasteiger partial charge on any atom is -0.370 e. The molecule has 0 radical (unpaired) electrons. The van der Waals surface area contributed by atoms with Crippen LogP contribution in [0.2, 0.25) is 0 Å². The summed E-state index contributed by atoms with van der Waals surface area (Å²) < 4.78 is 10.7. The van der Waals surface area contributed by atoms with Gasteiger partial charge in [-0.1, -0.05) is 114 Å². The summed E-state index contributed by atoms with van der Waals surface area (Å²) in [6, 6.07) is 23.6. The Labute approximate surface area is 769 Å². The zero-order valence-corrected chi connectivity index (χ0v) is 83.2. The van der Waals surface area contributed by atoms with Gasteiger partial charge in [0.05, 0.1) is 60.1 Å². The summed E-state index contributed by atoms with van der Waals surface area (Å²) in [7, 11) is 18.9. The number of hydrogen-bond donors (Lipinski definition) is 18. The number of carbonyl (C=O) groups is 11. The highest BCUT2D eigenvalue weighted by molar-refractivity contribution is 7.84. The van der Waals surface area contributed by atoms with Crippen molar-refractivity contribution in [1.29, 1.82) is 0 Å². The van der Waals surface area contributed by atoms with Crippen LogP contribution in [0.3, 0.4) is 0 Å². The molecule has 0 fully saturated rings. The van der Waals surface area contributed by atoms with Gasteiger partial charge in [0.2, 0.25) is 0 Å². The number of carbonyl (C=O) groups excluding carboxylic acids is 11. The molecule has 1 unspecified atom stereocenters. The zero-order chi connectivity index (χ0) is 98.9. The SMILES string of the molecule is CN=C(NC)NCCC[C@H](NC)C(C)=O.CN[C@@H](CC1(C)N=N1)C(C)=O.CN[C@@H](CCCC(C)C)C(C)=O.CN[C@@H](CCCCN=C(N)N)C(C)=O.CN[C@@H](CCCCNC(C)C)C(C)=O.CN[C@@H](CCCNC(N)=O)C(C)=O.CN[C@@H](CCS(C)=O)C(C)=O.CN[C@@H](Cc1ccc(C(=O)c2ccccc2)cc1)C(C)=O.CN[C@@H](Cc1ccc(N=C(N)N)cc1)C(C)=O. The van der Waals surface area contributed by atoms with Crippen LogP contribution in [0.1, 0.15) is 220 Å². The maximum absolute atomic E-state index is 12.3. The lowest BCUT2D eigenvalue weighted by Gasteiger charge is -2.13. The van der Waals surface area contributed by atoms with E-state index in [9.17, 15) is 56.9 Å². The number of hydrogen-bond acceptors (Lipinski definition) is 27. The molecule has 10 atom stereocenters. The van der Waals surface area contributed by atoms with Crippen molar-refractivity contribution in [3.05, 3.63) is 101 Å². The molecule has 2 amide bonds. The Morgan fingerprint density at radius 3 is 1.08 bits per heavy atom. The predicted molar refractivity (Wildman–Crippen MR) is 526 cm³/mol. The molecule has 0 saturated heterocycles. The summed E-state index contributed by atoms with van der Waals surface area (Å²) in [6.07, 6.45) is 16.7. The normalized spacial score (nSPS) is 13.6. The van der Waals surface area contributed by atoms with E-state index in [2.05, 4.69) is 122 Å². The van der Waals surface area contributed by atoms with Gasteiger partial charge in [-0.15, -0.1) is 0 Å². The molecule has 128 heavy (non-hydrogen) atoms. The van der Waals surface area contributed by atoms with Crippen molar-refractivity contribution in [3.63, 3.8) is 0 Å². The fourth-order valence-corrected chi connectivity index (χ4v) is 12.5. The highest BCUT2D eigenvalue weighted by atomic mass is 32.2. The van der Waals surface area contributed by atoms with E-state index in [0.29, 0.717) is 73.8 Å². The molecule has 1 aliphatic rings. The van der Waals surface area contributed by atoms with Crippen LogP contribution in [0, 0.1) is 5.92 Å². The highest BCUT2D eigenvalue weighted by Crippen LogP contribution is 2.32. The van der Waals surface area contributed by atoms with E-state index in [0.717, 1.165) is 107 Å². The van der Waals surface area contributed by atoms with Crippen LogP contribution in [0.5, 0.6) is 0 Å². The molecule has 0 saturated carbocycles. The molecule has 0 aromatic heterocycles. The van der Waals surface area contributed by atoms with Crippen molar-refractivity contribution >= 4 is 98.2 Å². The molecule has 35 nitrogen and oxygen atoms in total. The molecule has 1 aliphatic heterocycles. The number of nitrogens with two attached hydrogens (primary N) is 5. The summed E-state index contributed by atoms with van der Waals surface area (Å²) in [4.78, 5) is 134. The predicted octanol–water partition coefficient (Wildman–Crippen LogP) is 5.89. The van der Waals surface area contributed by atoms with Crippen LogP contribution in [0.4, 0.5) is 10.5 Å². The van der Waals surface area contributed by atoms with E-state index >= 15 is 0 Å². The summed E-state index contributed by atoms with van der Waals surface area (Å²) in [5.74, 6) is 3.75. The number of aliphatic imine (C=N–C) groups is 3. The first-order valence-electron chi connectivity index (χ1n) is 44.2. The van der Waals surface area contributed by atoms with Crippen LogP contribution >= 0.6 is 0 Å². The quantitative estimate of drug-likeness (QED) is 0.0135.